The van der Waals surface area contributed by atoms with Gasteiger partial charge in [0, 0.05) is 0 Å². The Hall–Kier alpha value is -1.59. The molecule has 0 amide bonds. The van der Waals surface area contributed by atoms with E-state index in [9.17, 15) is 4.79 Å². The third kappa shape index (κ3) is 3.23. The van der Waals surface area contributed by atoms with Crippen LogP contribution in [0.5, 0.6) is 0 Å². The van der Waals surface area contributed by atoms with Crippen molar-refractivity contribution < 1.29 is 14.4 Å². The third-order valence-electron chi connectivity index (χ3n) is 2.23. The maximum absolute atomic E-state index is 11.1. The number of carbonyl (C=O) groups is 1. The van der Waals surface area contributed by atoms with Crippen LogP contribution in [0.1, 0.15) is 25.7 Å². The lowest BCUT2D eigenvalue weighted by Gasteiger charge is -2.07. The van der Waals surface area contributed by atoms with Crippen molar-refractivity contribution in [2.45, 2.75) is 31.8 Å². The molecule has 6 heteroatoms. The van der Waals surface area contributed by atoms with Crippen molar-refractivity contribution >= 4 is 17.5 Å². The zero-order valence-electron chi connectivity index (χ0n) is 8.66. The van der Waals surface area contributed by atoms with Crippen LogP contribution in [0.4, 0.5) is 0 Å². The summed E-state index contributed by atoms with van der Waals surface area (Å²) < 4.78 is 4.42. The number of hydrogen-bond donors (Lipinski definition) is 2. The normalized spacial score (nSPS) is 17.5. The number of nitrogens with two attached hydrogens (primary N) is 1. The van der Waals surface area contributed by atoms with E-state index in [1.807, 2.05) is 0 Å². The summed E-state index contributed by atoms with van der Waals surface area (Å²) in [6.07, 6.45) is 4.09. The molecular weight excluding hydrogens is 198 g/mol. The molecule has 6 nitrogen and oxygen atoms in total. The fourth-order valence-corrected chi connectivity index (χ4v) is 1.41. The van der Waals surface area contributed by atoms with Crippen molar-refractivity contribution in [3.63, 3.8) is 0 Å². The largest absolute Gasteiger partial charge is 0.464 e. The van der Waals surface area contributed by atoms with Crippen molar-refractivity contribution in [2.24, 2.45) is 10.9 Å². The molecule has 0 saturated heterocycles. The van der Waals surface area contributed by atoms with Crippen LogP contribution in [0.3, 0.4) is 0 Å². The van der Waals surface area contributed by atoms with Gasteiger partial charge in [-0.25, -0.2) is 4.79 Å². The molecule has 0 atom stereocenters. The second-order valence-corrected chi connectivity index (χ2v) is 3.36. The van der Waals surface area contributed by atoms with Crippen LogP contribution in [0.25, 0.3) is 0 Å². The number of carbonyl (C=O) groups excluding carboxylic acids is 1. The summed E-state index contributed by atoms with van der Waals surface area (Å²) >= 11 is 0. The smallest absolute Gasteiger partial charge is 0.363 e. The predicted octanol–water partition coefficient (Wildman–Crippen LogP) is 0.411. The molecule has 0 spiro atoms. The molecule has 0 aromatic rings. The number of nitrogens with zero attached hydrogens (tertiary/aromatic N) is 1. The fourth-order valence-electron chi connectivity index (χ4n) is 1.41. The van der Waals surface area contributed by atoms with Crippen molar-refractivity contribution in [1.29, 1.82) is 5.41 Å². The summed E-state index contributed by atoms with van der Waals surface area (Å²) in [6.45, 7) is 0. The summed E-state index contributed by atoms with van der Waals surface area (Å²) in [4.78, 5) is 16.2. The number of esters is 1. The quantitative estimate of drug-likeness (QED) is 0.306. The molecular formula is C9H15N3O3. The maximum Gasteiger partial charge on any atom is 0.363 e. The first-order valence-electron chi connectivity index (χ1n) is 4.81. The van der Waals surface area contributed by atoms with E-state index in [1.165, 1.54) is 7.11 Å². The number of nitrogens with one attached hydrogen (secondary N) is 1. The fraction of sp³-hybridized carbons (Fsp3) is 0.667. The van der Waals surface area contributed by atoms with Gasteiger partial charge < -0.3 is 15.3 Å². The van der Waals surface area contributed by atoms with E-state index >= 15 is 0 Å². The van der Waals surface area contributed by atoms with Gasteiger partial charge in [-0.3, -0.25) is 5.41 Å². The molecule has 3 N–H and O–H groups in total. The number of methoxy groups -OCH3 is 1. The van der Waals surface area contributed by atoms with Crippen LogP contribution in [0, 0.1) is 5.41 Å². The Labute approximate surface area is 87.9 Å². The molecule has 1 aliphatic carbocycles. The minimum Gasteiger partial charge on any atom is -0.464 e. The van der Waals surface area contributed by atoms with E-state index in [2.05, 4.69) is 9.89 Å². The van der Waals surface area contributed by atoms with Crippen LogP contribution in [0.2, 0.25) is 0 Å². The molecule has 0 unspecified atom stereocenters. The highest BCUT2D eigenvalue weighted by Crippen LogP contribution is 2.20. The summed E-state index contributed by atoms with van der Waals surface area (Å²) in [7, 11) is 1.20. The molecule has 0 aromatic heterocycles. The lowest BCUT2D eigenvalue weighted by Crippen LogP contribution is -2.31. The molecule has 1 fully saturated rings. The summed E-state index contributed by atoms with van der Waals surface area (Å²) in [5, 5.41) is 10.7. The monoisotopic (exact) mass is 213 g/mol. The first-order chi connectivity index (χ1) is 7.15. The van der Waals surface area contributed by atoms with Crippen molar-refractivity contribution in [3.05, 3.63) is 0 Å². The molecule has 0 heterocycles. The van der Waals surface area contributed by atoms with E-state index in [4.69, 9.17) is 16.0 Å². The number of hydrogen-bond acceptors (Lipinski definition) is 5. The minimum atomic E-state index is -0.750. The Kier molecular flexibility index (Phi) is 4.08. The van der Waals surface area contributed by atoms with Crippen LogP contribution in [0.15, 0.2) is 5.16 Å². The standard InChI is InChI=1S/C9H15N3O3/c1-14-9(13)7(8(10)11)12-15-6-4-2-3-5-6/h6H,2-5H2,1H3,(H3,10,11). The van der Waals surface area contributed by atoms with Gasteiger partial charge in [0.15, 0.2) is 5.84 Å². The van der Waals surface area contributed by atoms with E-state index in [1.54, 1.807) is 0 Å². The first-order valence-corrected chi connectivity index (χ1v) is 4.81. The molecule has 1 saturated carbocycles. The molecule has 15 heavy (non-hydrogen) atoms. The molecule has 0 aromatic carbocycles. The average Bonchev–Trinajstić information content (AvgIpc) is 2.70. The molecule has 0 radical (unpaired) electrons. The molecule has 0 aliphatic heterocycles. The Morgan fingerprint density at radius 1 is 1.47 bits per heavy atom. The third-order valence-corrected chi connectivity index (χ3v) is 2.23. The van der Waals surface area contributed by atoms with E-state index < -0.39 is 11.8 Å². The van der Waals surface area contributed by atoms with E-state index in [0.29, 0.717) is 0 Å². The van der Waals surface area contributed by atoms with Gasteiger partial charge in [0.2, 0.25) is 5.71 Å². The molecule has 0 bridgehead atoms. The summed E-state index contributed by atoms with van der Waals surface area (Å²) in [6, 6.07) is 0. The van der Waals surface area contributed by atoms with Crippen LogP contribution in [-0.4, -0.2) is 30.7 Å². The van der Waals surface area contributed by atoms with Gasteiger partial charge in [-0.2, -0.15) is 0 Å². The van der Waals surface area contributed by atoms with Crippen LogP contribution in [-0.2, 0) is 14.4 Å². The molecule has 84 valence electrons. The SMILES string of the molecule is COC(=O)C(=NOC1CCCC1)C(=N)N. The zero-order chi connectivity index (χ0) is 11.3. The van der Waals surface area contributed by atoms with Gasteiger partial charge >= 0.3 is 5.97 Å². The Morgan fingerprint density at radius 3 is 2.53 bits per heavy atom. The number of rotatable bonds is 4. The van der Waals surface area contributed by atoms with Gasteiger partial charge in [0.25, 0.3) is 0 Å². The minimum absolute atomic E-state index is 0.0315. The number of amidine groups is 1. The van der Waals surface area contributed by atoms with Crippen molar-refractivity contribution in [3.8, 4) is 0 Å². The van der Waals surface area contributed by atoms with E-state index in [0.717, 1.165) is 25.7 Å². The van der Waals surface area contributed by atoms with E-state index in [-0.39, 0.29) is 11.8 Å². The second-order valence-electron chi connectivity index (χ2n) is 3.36. The second kappa shape index (κ2) is 5.33. The Morgan fingerprint density at radius 2 is 2.07 bits per heavy atom. The lowest BCUT2D eigenvalue weighted by atomic mass is 10.3. The summed E-state index contributed by atoms with van der Waals surface area (Å²) in [5.74, 6) is -1.19. The number of ether oxygens (including phenoxy) is 1. The lowest BCUT2D eigenvalue weighted by molar-refractivity contribution is -0.132. The van der Waals surface area contributed by atoms with Gasteiger partial charge in [-0.1, -0.05) is 5.16 Å². The molecule has 1 aliphatic rings. The van der Waals surface area contributed by atoms with Gasteiger partial charge in [0.1, 0.15) is 6.10 Å². The van der Waals surface area contributed by atoms with Crippen LogP contribution >= 0.6 is 0 Å². The zero-order valence-corrected chi connectivity index (χ0v) is 8.66. The van der Waals surface area contributed by atoms with Gasteiger partial charge in [-0.15, -0.1) is 0 Å². The van der Waals surface area contributed by atoms with Crippen molar-refractivity contribution in [1.82, 2.24) is 0 Å². The van der Waals surface area contributed by atoms with Gasteiger partial charge in [0.05, 0.1) is 7.11 Å². The van der Waals surface area contributed by atoms with Crippen LogP contribution < -0.4 is 5.73 Å². The molecule has 1 rings (SSSR count). The van der Waals surface area contributed by atoms with Gasteiger partial charge in [-0.05, 0) is 25.7 Å². The Balaban J connectivity index is 2.58. The van der Waals surface area contributed by atoms with Crippen molar-refractivity contribution in [2.75, 3.05) is 7.11 Å². The highest BCUT2D eigenvalue weighted by atomic mass is 16.6. The maximum atomic E-state index is 11.1. The topological polar surface area (TPSA) is 97.8 Å². The average molecular weight is 213 g/mol. The summed E-state index contributed by atoms with van der Waals surface area (Å²) in [5.41, 5.74) is 4.90. The predicted molar refractivity (Wildman–Crippen MR) is 54.7 cm³/mol. The highest BCUT2D eigenvalue weighted by Gasteiger charge is 2.20. The highest BCUT2D eigenvalue weighted by molar-refractivity contribution is 6.64. The Bertz CT molecular complexity index is 282. The first kappa shape index (κ1) is 11.5. The number of oxime groups is 1.